The zero-order valence-electron chi connectivity index (χ0n) is 13.4. The molecule has 2 fully saturated rings. The monoisotopic (exact) mass is 317 g/mol. The minimum atomic E-state index is -0.864. The van der Waals surface area contributed by atoms with Crippen molar-refractivity contribution >= 4 is 11.5 Å². The third kappa shape index (κ3) is 1.75. The van der Waals surface area contributed by atoms with Crippen LogP contribution in [0.3, 0.4) is 0 Å². The first-order valence-corrected chi connectivity index (χ1v) is 8.02. The van der Waals surface area contributed by atoms with Crippen molar-refractivity contribution in [2.24, 2.45) is 0 Å². The van der Waals surface area contributed by atoms with Gasteiger partial charge in [0.15, 0.2) is 11.6 Å². The number of rotatable bonds is 1. The quantitative estimate of drug-likeness (QED) is 0.739. The molecule has 5 nitrogen and oxygen atoms in total. The Bertz CT molecular complexity index is 800. The van der Waals surface area contributed by atoms with E-state index in [1.807, 2.05) is 0 Å². The van der Waals surface area contributed by atoms with Gasteiger partial charge < -0.3 is 9.47 Å². The molecule has 0 saturated carbocycles. The predicted octanol–water partition coefficient (Wildman–Crippen LogP) is 1.67. The number of pyridine rings is 1. The van der Waals surface area contributed by atoms with Crippen LogP contribution in [0.25, 0.3) is 5.70 Å². The van der Waals surface area contributed by atoms with Crippen LogP contribution >= 0.6 is 0 Å². The molecule has 4 heterocycles. The highest BCUT2D eigenvalue weighted by Crippen LogP contribution is 2.45. The van der Waals surface area contributed by atoms with E-state index in [2.05, 4.69) is 23.3 Å². The minimum absolute atomic E-state index is 0.0907. The highest BCUT2D eigenvalue weighted by atomic mass is 19.1. The topological polar surface area (TPSA) is 45.6 Å². The molecule has 23 heavy (non-hydrogen) atoms. The summed E-state index contributed by atoms with van der Waals surface area (Å²) in [6.45, 7) is 9.85. The molecule has 3 aliphatic heterocycles. The molecule has 0 bridgehead atoms. The molecule has 6 heteroatoms. The Labute approximate surface area is 134 Å². The van der Waals surface area contributed by atoms with E-state index in [0.717, 1.165) is 19.5 Å². The molecule has 2 saturated heterocycles. The van der Waals surface area contributed by atoms with Crippen LogP contribution in [0.2, 0.25) is 0 Å². The zero-order valence-corrected chi connectivity index (χ0v) is 13.4. The molecule has 0 radical (unpaired) electrons. The SMILES string of the molecule is C=C1c2c(F)c(=O)c(C(C)=O)cn2CC2(C)N1CC1CCCN12. The molecule has 2 unspecified atom stereocenters. The van der Waals surface area contributed by atoms with Crippen molar-refractivity contribution < 1.29 is 9.18 Å². The fourth-order valence-corrected chi connectivity index (χ4v) is 4.55. The number of Topliss-reactive ketones (excluding diaryl/α,β-unsaturated/α-hetero) is 1. The number of nitrogens with zero attached hydrogens (tertiary/aromatic N) is 3. The summed E-state index contributed by atoms with van der Waals surface area (Å²) >= 11 is 0. The second kappa shape index (κ2) is 4.54. The molecular weight excluding hydrogens is 297 g/mol. The summed E-state index contributed by atoms with van der Waals surface area (Å²) in [7, 11) is 0. The van der Waals surface area contributed by atoms with Crippen molar-refractivity contribution in [3.63, 3.8) is 0 Å². The Balaban J connectivity index is 1.90. The van der Waals surface area contributed by atoms with Gasteiger partial charge >= 0.3 is 0 Å². The summed E-state index contributed by atoms with van der Waals surface area (Å²) < 4.78 is 16.3. The summed E-state index contributed by atoms with van der Waals surface area (Å²) in [4.78, 5) is 28.3. The Hall–Kier alpha value is -1.95. The van der Waals surface area contributed by atoms with Crippen LogP contribution in [0.5, 0.6) is 0 Å². The summed E-state index contributed by atoms with van der Waals surface area (Å²) in [5.74, 6) is -1.27. The van der Waals surface area contributed by atoms with Crippen LogP contribution in [-0.4, -0.2) is 44.9 Å². The molecule has 1 aromatic heterocycles. The molecular formula is C17H20FN3O2. The molecule has 4 rings (SSSR count). The molecule has 0 N–H and O–H groups in total. The van der Waals surface area contributed by atoms with Crippen LogP contribution in [0.4, 0.5) is 4.39 Å². The molecule has 3 aliphatic rings. The molecule has 122 valence electrons. The first kappa shape index (κ1) is 14.6. The van der Waals surface area contributed by atoms with Gasteiger partial charge in [0.1, 0.15) is 11.4 Å². The average molecular weight is 317 g/mol. The second-order valence-electron chi connectivity index (χ2n) is 6.98. The lowest BCUT2D eigenvalue weighted by molar-refractivity contribution is 0.0405. The van der Waals surface area contributed by atoms with Gasteiger partial charge in [0, 0.05) is 25.3 Å². The summed E-state index contributed by atoms with van der Waals surface area (Å²) in [6, 6.07) is 0.453. The number of ketones is 1. The predicted molar refractivity (Wildman–Crippen MR) is 84.5 cm³/mol. The van der Waals surface area contributed by atoms with Gasteiger partial charge in [-0.05, 0) is 26.7 Å². The van der Waals surface area contributed by atoms with Gasteiger partial charge in [-0.1, -0.05) is 6.58 Å². The molecule has 0 aromatic carbocycles. The van der Waals surface area contributed by atoms with Crippen molar-refractivity contribution in [1.29, 1.82) is 0 Å². The van der Waals surface area contributed by atoms with Gasteiger partial charge in [-0.2, -0.15) is 0 Å². The lowest BCUT2D eigenvalue weighted by Crippen LogP contribution is -2.56. The highest BCUT2D eigenvalue weighted by molar-refractivity contribution is 5.93. The number of carbonyl (C=O) groups is 1. The summed E-state index contributed by atoms with van der Waals surface area (Å²) in [5, 5.41) is 0. The van der Waals surface area contributed by atoms with Gasteiger partial charge in [-0.15, -0.1) is 0 Å². The first-order valence-electron chi connectivity index (χ1n) is 8.02. The average Bonchev–Trinajstić information content (AvgIpc) is 3.04. The molecule has 2 atom stereocenters. The third-order valence-corrected chi connectivity index (χ3v) is 5.64. The Morgan fingerprint density at radius 1 is 1.48 bits per heavy atom. The lowest BCUT2D eigenvalue weighted by Gasteiger charge is -2.47. The normalized spacial score (nSPS) is 29.4. The third-order valence-electron chi connectivity index (χ3n) is 5.64. The van der Waals surface area contributed by atoms with Gasteiger partial charge in [0.25, 0.3) is 0 Å². The number of hydrogen-bond donors (Lipinski definition) is 0. The molecule has 1 aromatic rings. The lowest BCUT2D eigenvalue weighted by atomic mass is 10.0. The number of carbonyl (C=O) groups excluding carboxylic acids is 1. The van der Waals surface area contributed by atoms with E-state index < -0.39 is 17.0 Å². The maximum absolute atomic E-state index is 14.6. The van der Waals surface area contributed by atoms with Gasteiger partial charge in [0.05, 0.1) is 17.8 Å². The number of hydrogen-bond acceptors (Lipinski definition) is 4. The fourth-order valence-electron chi connectivity index (χ4n) is 4.55. The van der Waals surface area contributed by atoms with E-state index in [-0.39, 0.29) is 16.9 Å². The van der Waals surface area contributed by atoms with Crippen LogP contribution in [0.1, 0.15) is 42.7 Å². The van der Waals surface area contributed by atoms with Crippen molar-refractivity contribution in [3.05, 3.63) is 40.1 Å². The Kier molecular flexibility index (Phi) is 2.89. The van der Waals surface area contributed by atoms with Crippen molar-refractivity contribution in [1.82, 2.24) is 14.4 Å². The standard InChI is InChI=1S/C17H20FN3O2/c1-10-15-14(18)16(23)13(11(2)22)8-19(15)9-17(3)20-6-4-5-12(20)7-21(10)17/h8,12H,1,4-7,9H2,2-3H3. The smallest absolute Gasteiger partial charge is 0.228 e. The van der Waals surface area contributed by atoms with Gasteiger partial charge in [0.2, 0.25) is 5.43 Å². The van der Waals surface area contributed by atoms with Crippen LogP contribution < -0.4 is 5.43 Å². The van der Waals surface area contributed by atoms with Crippen molar-refractivity contribution in [2.75, 3.05) is 13.1 Å². The Morgan fingerprint density at radius 2 is 2.22 bits per heavy atom. The second-order valence-corrected chi connectivity index (χ2v) is 6.98. The summed E-state index contributed by atoms with van der Waals surface area (Å²) in [6.07, 6.45) is 3.80. The minimum Gasteiger partial charge on any atom is -0.349 e. The largest absolute Gasteiger partial charge is 0.349 e. The van der Waals surface area contributed by atoms with E-state index in [9.17, 15) is 14.0 Å². The number of aromatic nitrogens is 1. The van der Waals surface area contributed by atoms with Gasteiger partial charge in [-0.3, -0.25) is 14.5 Å². The first-order chi connectivity index (χ1) is 10.8. The Morgan fingerprint density at radius 3 is 2.91 bits per heavy atom. The maximum Gasteiger partial charge on any atom is 0.228 e. The molecule has 0 spiro atoms. The van der Waals surface area contributed by atoms with E-state index in [1.54, 1.807) is 4.57 Å². The maximum atomic E-state index is 14.6. The highest BCUT2D eigenvalue weighted by Gasteiger charge is 2.53. The van der Waals surface area contributed by atoms with Crippen molar-refractivity contribution in [2.45, 2.75) is 44.9 Å². The molecule has 0 aliphatic carbocycles. The van der Waals surface area contributed by atoms with Gasteiger partial charge in [-0.25, -0.2) is 4.39 Å². The van der Waals surface area contributed by atoms with Crippen LogP contribution in [0.15, 0.2) is 17.6 Å². The van der Waals surface area contributed by atoms with Crippen molar-refractivity contribution in [3.8, 4) is 0 Å². The van der Waals surface area contributed by atoms with E-state index in [0.29, 0.717) is 18.3 Å². The van der Waals surface area contributed by atoms with Crippen LogP contribution in [-0.2, 0) is 6.54 Å². The number of halogens is 1. The zero-order chi connectivity index (χ0) is 16.5. The van der Waals surface area contributed by atoms with Crippen LogP contribution in [0, 0.1) is 5.82 Å². The van der Waals surface area contributed by atoms with E-state index >= 15 is 0 Å². The number of fused-ring (bicyclic) bond motifs is 4. The van der Waals surface area contributed by atoms with E-state index in [1.165, 1.54) is 19.5 Å². The van der Waals surface area contributed by atoms with E-state index in [4.69, 9.17) is 0 Å². The fraction of sp³-hybridized carbons (Fsp3) is 0.529. The summed E-state index contributed by atoms with van der Waals surface area (Å²) in [5.41, 5.74) is -0.433. The molecule has 0 amide bonds.